The topological polar surface area (TPSA) is 86.5 Å². The van der Waals surface area contributed by atoms with Crippen LogP contribution in [-0.2, 0) is 4.79 Å². The fourth-order valence-electron chi connectivity index (χ4n) is 2.29. The Balaban J connectivity index is 2.05. The molecule has 0 aromatic heterocycles. The monoisotopic (exact) mass is 341 g/mol. The van der Waals surface area contributed by atoms with Gasteiger partial charge in [0.15, 0.2) is 0 Å². The number of Topliss-reactive ketones (excluding diaryl/α,β-unsaturated/α-hetero) is 1. The Labute approximate surface area is 141 Å². The summed E-state index contributed by atoms with van der Waals surface area (Å²) in [5.74, 6) is -0.530. The van der Waals surface area contributed by atoms with E-state index in [-0.39, 0.29) is 17.2 Å². The third kappa shape index (κ3) is 3.07. The van der Waals surface area contributed by atoms with Gasteiger partial charge in [0.25, 0.3) is 5.69 Å². The van der Waals surface area contributed by atoms with Crippen molar-refractivity contribution in [2.75, 3.05) is 0 Å². The van der Waals surface area contributed by atoms with Crippen molar-refractivity contribution in [2.24, 2.45) is 0 Å². The summed E-state index contributed by atoms with van der Waals surface area (Å²) in [6.07, 6.45) is 1.51. The molecule has 2 aromatic rings. The van der Waals surface area contributed by atoms with Crippen LogP contribution in [0.1, 0.15) is 22.8 Å². The van der Waals surface area contributed by atoms with Gasteiger partial charge in [-0.15, -0.1) is 0 Å². The number of ether oxygens (including phenoxy) is 1. The molecule has 0 atom stereocenters. The highest BCUT2D eigenvalue weighted by atomic mass is 32.2. The summed E-state index contributed by atoms with van der Waals surface area (Å²) in [6, 6.07) is 11.0. The van der Waals surface area contributed by atoms with Gasteiger partial charge in [0.2, 0.25) is 5.78 Å². The minimum Gasteiger partial charge on any atom is -0.426 e. The van der Waals surface area contributed by atoms with E-state index >= 15 is 0 Å². The predicted molar refractivity (Wildman–Crippen MR) is 89.0 cm³/mol. The molecule has 1 heterocycles. The molecule has 24 heavy (non-hydrogen) atoms. The van der Waals surface area contributed by atoms with Crippen molar-refractivity contribution in [2.45, 2.75) is 11.8 Å². The first kappa shape index (κ1) is 15.9. The number of hydrogen-bond donors (Lipinski definition) is 0. The minimum absolute atomic E-state index is 0.147. The molecule has 0 radical (unpaired) electrons. The lowest BCUT2D eigenvalue weighted by atomic mass is 10.1. The molecule has 0 N–H and O–H groups in total. The van der Waals surface area contributed by atoms with Gasteiger partial charge in [-0.25, -0.2) is 0 Å². The van der Waals surface area contributed by atoms with E-state index in [1.807, 2.05) is 12.1 Å². The molecule has 6 nitrogen and oxygen atoms in total. The average molecular weight is 341 g/mol. The van der Waals surface area contributed by atoms with Crippen LogP contribution in [0.25, 0.3) is 6.08 Å². The van der Waals surface area contributed by atoms with E-state index < -0.39 is 10.9 Å². The molecule has 1 aliphatic heterocycles. The maximum Gasteiger partial charge on any atom is 0.308 e. The third-order valence-electron chi connectivity index (χ3n) is 3.32. The standard InChI is InChI=1S/C17H11NO5S/c1-10(19)23-14-7-6-12(18(21)22)8-11(14)9-16-17(20)13-4-2-3-5-15(13)24-16/h2-9H,1H3/b16-9-. The highest BCUT2D eigenvalue weighted by molar-refractivity contribution is 8.04. The molecule has 0 saturated heterocycles. The zero-order valence-corrected chi connectivity index (χ0v) is 13.3. The Morgan fingerprint density at radius 1 is 1.25 bits per heavy atom. The molecule has 0 unspecified atom stereocenters. The number of nitro benzene ring substituents is 1. The molecule has 7 heteroatoms. The number of fused-ring (bicyclic) bond motifs is 1. The SMILES string of the molecule is CC(=O)Oc1ccc([N+](=O)[O-])cc1/C=C1\Sc2ccccc2C1=O. The van der Waals surface area contributed by atoms with Crippen molar-refractivity contribution in [1.29, 1.82) is 0 Å². The zero-order chi connectivity index (χ0) is 17.3. The fourth-order valence-corrected chi connectivity index (χ4v) is 3.33. The van der Waals surface area contributed by atoms with Gasteiger partial charge in [0, 0.05) is 35.1 Å². The Hall–Kier alpha value is -2.93. The summed E-state index contributed by atoms with van der Waals surface area (Å²) in [4.78, 5) is 35.3. The molecule has 1 aliphatic rings. The molecular formula is C17H11NO5S. The molecule has 3 rings (SSSR count). The van der Waals surface area contributed by atoms with E-state index in [0.29, 0.717) is 16.0 Å². The lowest BCUT2D eigenvalue weighted by molar-refractivity contribution is -0.384. The predicted octanol–water partition coefficient (Wildman–Crippen LogP) is 3.85. The number of thioether (sulfide) groups is 1. The number of nitrogens with zero attached hydrogens (tertiary/aromatic N) is 1. The van der Waals surface area contributed by atoms with Crippen LogP contribution in [-0.4, -0.2) is 16.7 Å². The summed E-state index contributed by atoms with van der Waals surface area (Å²) in [7, 11) is 0. The molecule has 2 aromatic carbocycles. The highest BCUT2D eigenvalue weighted by Crippen LogP contribution is 2.41. The number of carbonyl (C=O) groups is 2. The molecule has 0 bridgehead atoms. The maximum atomic E-state index is 12.4. The van der Waals surface area contributed by atoms with Crippen LogP contribution in [0.5, 0.6) is 5.75 Å². The number of benzene rings is 2. The number of ketones is 1. The zero-order valence-electron chi connectivity index (χ0n) is 12.5. The van der Waals surface area contributed by atoms with Crippen molar-refractivity contribution < 1.29 is 19.2 Å². The van der Waals surface area contributed by atoms with Crippen molar-refractivity contribution in [3.63, 3.8) is 0 Å². The van der Waals surface area contributed by atoms with Crippen LogP contribution < -0.4 is 4.74 Å². The molecule has 0 aliphatic carbocycles. The number of esters is 1. The van der Waals surface area contributed by atoms with Gasteiger partial charge in [0.05, 0.1) is 9.83 Å². The Morgan fingerprint density at radius 2 is 2.00 bits per heavy atom. The molecular weight excluding hydrogens is 330 g/mol. The van der Waals surface area contributed by atoms with E-state index in [4.69, 9.17) is 4.74 Å². The summed E-state index contributed by atoms with van der Waals surface area (Å²) >= 11 is 1.28. The first-order chi connectivity index (χ1) is 11.5. The molecule has 0 amide bonds. The van der Waals surface area contributed by atoms with Gasteiger partial charge in [-0.1, -0.05) is 23.9 Å². The van der Waals surface area contributed by atoms with Crippen molar-refractivity contribution in [1.82, 2.24) is 0 Å². The summed E-state index contributed by atoms with van der Waals surface area (Å²) in [5.41, 5.74) is 0.752. The minimum atomic E-state index is -0.544. The van der Waals surface area contributed by atoms with Gasteiger partial charge < -0.3 is 4.74 Å². The van der Waals surface area contributed by atoms with Gasteiger partial charge in [-0.3, -0.25) is 19.7 Å². The van der Waals surface area contributed by atoms with Crippen LogP contribution >= 0.6 is 11.8 Å². The molecule has 0 fully saturated rings. The number of nitro groups is 1. The van der Waals surface area contributed by atoms with E-state index in [2.05, 4.69) is 0 Å². The van der Waals surface area contributed by atoms with E-state index in [9.17, 15) is 19.7 Å². The second-order valence-corrected chi connectivity index (χ2v) is 6.09. The number of allylic oxidation sites excluding steroid dienone is 1. The average Bonchev–Trinajstić information content (AvgIpc) is 2.85. The van der Waals surface area contributed by atoms with Gasteiger partial charge in [-0.05, 0) is 24.3 Å². The van der Waals surface area contributed by atoms with Gasteiger partial charge in [-0.2, -0.15) is 0 Å². The Morgan fingerprint density at radius 3 is 2.67 bits per heavy atom. The normalized spacial score (nSPS) is 14.5. The summed E-state index contributed by atoms with van der Waals surface area (Å²) in [5, 5.41) is 11.0. The van der Waals surface area contributed by atoms with Gasteiger partial charge >= 0.3 is 5.97 Å². The number of rotatable bonds is 3. The number of non-ortho nitro benzene ring substituents is 1. The Kier molecular flexibility index (Phi) is 4.18. The van der Waals surface area contributed by atoms with Crippen molar-refractivity contribution in [3.8, 4) is 5.75 Å². The van der Waals surface area contributed by atoms with Gasteiger partial charge in [0.1, 0.15) is 5.75 Å². The third-order valence-corrected chi connectivity index (χ3v) is 4.42. The van der Waals surface area contributed by atoms with Crippen LogP contribution in [0.2, 0.25) is 0 Å². The number of hydrogen-bond acceptors (Lipinski definition) is 6. The number of carbonyl (C=O) groups excluding carboxylic acids is 2. The largest absolute Gasteiger partial charge is 0.426 e. The van der Waals surface area contributed by atoms with Crippen LogP contribution in [0.15, 0.2) is 52.3 Å². The lowest BCUT2D eigenvalue weighted by Gasteiger charge is -2.06. The van der Waals surface area contributed by atoms with E-state index in [1.165, 1.54) is 43.0 Å². The highest BCUT2D eigenvalue weighted by Gasteiger charge is 2.26. The first-order valence-corrected chi connectivity index (χ1v) is 7.77. The summed E-state index contributed by atoms with van der Waals surface area (Å²) < 4.78 is 5.08. The van der Waals surface area contributed by atoms with Crippen LogP contribution in [0, 0.1) is 10.1 Å². The fraction of sp³-hybridized carbons (Fsp3) is 0.0588. The maximum absolute atomic E-state index is 12.4. The molecule has 0 saturated carbocycles. The Bertz CT molecular complexity index is 904. The summed E-state index contributed by atoms with van der Waals surface area (Å²) in [6.45, 7) is 1.24. The van der Waals surface area contributed by atoms with E-state index in [0.717, 1.165) is 4.90 Å². The second kappa shape index (κ2) is 6.29. The second-order valence-electron chi connectivity index (χ2n) is 5.01. The quantitative estimate of drug-likeness (QED) is 0.277. The van der Waals surface area contributed by atoms with Crippen molar-refractivity contribution >= 4 is 35.3 Å². The lowest BCUT2D eigenvalue weighted by Crippen LogP contribution is -2.03. The van der Waals surface area contributed by atoms with Crippen LogP contribution in [0.3, 0.4) is 0 Å². The smallest absolute Gasteiger partial charge is 0.308 e. The van der Waals surface area contributed by atoms with E-state index in [1.54, 1.807) is 12.1 Å². The first-order valence-electron chi connectivity index (χ1n) is 6.96. The van der Waals surface area contributed by atoms with Crippen LogP contribution in [0.4, 0.5) is 5.69 Å². The molecule has 0 spiro atoms. The molecule has 120 valence electrons. The van der Waals surface area contributed by atoms with Crippen molar-refractivity contribution in [3.05, 3.63) is 68.6 Å².